The summed E-state index contributed by atoms with van der Waals surface area (Å²) in [7, 11) is 0. The van der Waals surface area contributed by atoms with Crippen LogP contribution in [0.5, 0.6) is 17.2 Å². The van der Waals surface area contributed by atoms with Crippen molar-refractivity contribution in [1.82, 2.24) is 9.55 Å². The van der Waals surface area contributed by atoms with Crippen LogP contribution in [0.25, 0.3) is 10.9 Å². The lowest BCUT2D eigenvalue weighted by Gasteiger charge is -2.17. The molecule has 0 N–H and O–H groups in total. The first-order chi connectivity index (χ1) is 15.1. The first-order valence-corrected chi connectivity index (χ1v) is 10.3. The molecule has 164 valence electrons. The van der Waals surface area contributed by atoms with Crippen molar-refractivity contribution < 1.29 is 23.7 Å². The van der Waals surface area contributed by atoms with Gasteiger partial charge in [0.15, 0.2) is 11.5 Å². The lowest BCUT2D eigenvalue weighted by molar-refractivity contribution is 0.0489. The molecule has 0 saturated heterocycles. The van der Waals surface area contributed by atoms with E-state index in [0.29, 0.717) is 48.0 Å². The zero-order valence-electron chi connectivity index (χ0n) is 17.9. The van der Waals surface area contributed by atoms with Crippen molar-refractivity contribution in [2.45, 2.75) is 27.3 Å². The van der Waals surface area contributed by atoms with E-state index in [4.69, 9.17) is 18.9 Å². The largest absolute Gasteiger partial charge is 0.490 e. The number of hydrogen-bond acceptors (Lipinski definition) is 7. The summed E-state index contributed by atoms with van der Waals surface area (Å²) in [6.07, 6.45) is 1.45. The van der Waals surface area contributed by atoms with E-state index in [9.17, 15) is 9.59 Å². The Bertz CT molecular complexity index is 1080. The Hall–Kier alpha value is -3.55. The molecule has 0 spiro atoms. The van der Waals surface area contributed by atoms with Crippen LogP contribution in [0, 0.1) is 0 Å². The smallest absolute Gasteiger partial charge is 0.338 e. The number of para-hydroxylation sites is 1. The van der Waals surface area contributed by atoms with E-state index in [1.807, 2.05) is 26.8 Å². The van der Waals surface area contributed by atoms with Gasteiger partial charge in [0.1, 0.15) is 6.61 Å². The molecule has 0 aliphatic heterocycles. The minimum absolute atomic E-state index is 0.0138. The highest BCUT2D eigenvalue weighted by Gasteiger charge is 2.19. The van der Waals surface area contributed by atoms with Crippen LogP contribution in [0.3, 0.4) is 0 Å². The lowest BCUT2D eigenvalue weighted by atomic mass is 10.2. The van der Waals surface area contributed by atoms with E-state index < -0.39 is 5.97 Å². The fourth-order valence-electron chi connectivity index (χ4n) is 3.09. The molecule has 0 radical (unpaired) electrons. The molecule has 0 amide bonds. The molecule has 0 atom stereocenters. The standard InChI is InChI=1S/C23H26N2O6/c1-4-28-19-13-16(14-20(29-5-2)21(19)30-6-3)23(27)31-12-11-25-15-24-18-10-8-7-9-17(18)22(25)26/h7-10,13-15H,4-6,11-12H2,1-3H3. The summed E-state index contributed by atoms with van der Waals surface area (Å²) in [5.74, 6) is 0.734. The van der Waals surface area contributed by atoms with Crippen LogP contribution in [0.4, 0.5) is 0 Å². The van der Waals surface area contributed by atoms with Crippen molar-refractivity contribution in [3.63, 3.8) is 0 Å². The number of carbonyl (C=O) groups excluding carboxylic acids is 1. The summed E-state index contributed by atoms with van der Waals surface area (Å²) in [6, 6.07) is 10.3. The van der Waals surface area contributed by atoms with Gasteiger partial charge in [-0.15, -0.1) is 0 Å². The van der Waals surface area contributed by atoms with Crippen LogP contribution in [0.2, 0.25) is 0 Å². The van der Waals surface area contributed by atoms with Gasteiger partial charge in [-0.3, -0.25) is 9.36 Å². The Kier molecular flexibility index (Phi) is 7.48. The zero-order valence-corrected chi connectivity index (χ0v) is 17.9. The van der Waals surface area contributed by atoms with E-state index >= 15 is 0 Å². The Morgan fingerprint density at radius 2 is 1.61 bits per heavy atom. The van der Waals surface area contributed by atoms with Gasteiger partial charge in [-0.1, -0.05) is 12.1 Å². The minimum Gasteiger partial charge on any atom is -0.490 e. The van der Waals surface area contributed by atoms with Crippen LogP contribution in [-0.2, 0) is 11.3 Å². The van der Waals surface area contributed by atoms with Gasteiger partial charge in [0.2, 0.25) is 5.75 Å². The molecule has 0 fully saturated rings. The number of hydrogen-bond donors (Lipinski definition) is 0. The average Bonchev–Trinajstić information content (AvgIpc) is 2.77. The van der Waals surface area contributed by atoms with Crippen molar-refractivity contribution >= 4 is 16.9 Å². The topological polar surface area (TPSA) is 88.9 Å². The van der Waals surface area contributed by atoms with Crippen LogP contribution >= 0.6 is 0 Å². The molecule has 0 aliphatic carbocycles. The third kappa shape index (κ3) is 5.14. The zero-order chi connectivity index (χ0) is 22.2. The molecule has 0 bridgehead atoms. The van der Waals surface area contributed by atoms with Crippen LogP contribution < -0.4 is 19.8 Å². The van der Waals surface area contributed by atoms with Crippen LogP contribution in [-0.4, -0.2) is 41.9 Å². The van der Waals surface area contributed by atoms with Crippen molar-refractivity contribution in [2.75, 3.05) is 26.4 Å². The highest BCUT2D eigenvalue weighted by Crippen LogP contribution is 2.39. The van der Waals surface area contributed by atoms with Gasteiger partial charge in [-0.05, 0) is 45.0 Å². The number of fused-ring (bicyclic) bond motifs is 1. The minimum atomic E-state index is -0.549. The maximum atomic E-state index is 12.6. The van der Waals surface area contributed by atoms with Gasteiger partial charge in [0.25, 0.3) is 5.56 Å². The fraction of sp³-hybridized carbons (Fsp3) is 0.348. The fourth-order valence-corrected chi connectivity index (χ4v) is 3.09. The van der Waals surface area contributed by atoms with E-state index in [0.717, 1.165) is 0 Å². The van der Waals surface area contributed by atoms with E-state index in [1.165, 1.54) is 10.9 Å². The summed E-state index contributed by atoms with van der Waals surface area (Å²) in [6.45, 7) is 6.99. The average molecular weight is 426 g/mol. The molecule has 0 saturated carbocycles. The second kappa shape index (κ2) is 10.5. The molecular weight excluding hydrogens is 400 g/mol. The first-order valence-electron chi connectivity index (χ1n) is 10.3. The third-order valence-electron chi connectivity index (χ3n) is 4.44. The molecule has 2 aromatic carbocycles. The normalized spacial score (nSPS) is 10.7. The van der Waals surface area contributed by atoms with Crippen LogP contribution in [0.1, 0.15) is 31.1 Å². The highest BCUT2D eigenvalue weighted by molar-refractivity contribution is 5.91. The quantitative estimate of drug-likeness (QED) is 0.459. The molecule has 8 heteroatoms. The van der Waals surface area contributed by atoms with Gasteiger partial charge >= 0.3 is 5.97 Å². The third-order valence-corrected chi connectivity index (χ3v) is 4.44. The maximum absolute atomic E-state index is 12.6. The van der Waals surface area contributed by atoms with Crippen LogP contribution in [0.15, 0.2) is 47.5 Å². The van der Waals surface area contributed by atoms with Gasteiger partial charge in [-0.25, -0.2) is 9.78 Å². The summed E-state index contributed by atoms with van der Waals surface area (Å²) in [5.41, 5.74) is 0.723. The van der Waals surface area contributed by atoms with Gasteiger partial charge in [-0.2, -0.15) is 0 Å². The maximum Gasteiger partial charge on any atom is 0.338 e. The second-order valence-electron chi connectivity index (χ2n) is 6.50. The number of ether oxygens (including phenoxy) is 4. The Labute approximate surface area is 180 Å². The summed E-state index contributed by atoms with van der Waals surface area (Å²) in [5, 5.41) is 0.519. The van der Waals surface area contributed by atoms with E-state index in [1.54, 1.807) is 30.3 Å². The second-order valence-corrected chi connectivity index (χ2v) is 6.50. The molecule has 3 rings (SSSR count). The highest BCUT2D eigenvalue weighted by atomic mass is 16.5. The number of carbonyl (C=O) groups is 1. The molecule has 0 aliphatic rings. The lowest BCUT2D eigenvalue weighted by Crippen LogP contribution is -2.23. The first kappa shape index (κ1) is 22.1. The molecular formula is C23H26N2O6. The SMILES string of the molecule is CCOc1cc(C(=O)OCCn2cnc3ccccc3c2=O)cc(OCC)c1OCC. The monoisotopic (exact) mass is 426 g/mol. The predicted molar refractivity (Wildman–Crippen MR) is 116 cm³/mol. The number of nitrogens with zero attached hydrogens (tertiary/aromatic N) is 2. The Balaban J connectivity index is 1.75. The predicted octanol–water partition coefficient (Wildman–Crippen LogP) is 3.45. The van der Waals surface area contributed by atoms with Crippen molar-refractivity contribution in [2.24, 2.45) is 0 Å². The molecule has 8 nitrogen and oxygen atoms in total. The number of esters is 1. The van der Waals surface area contributed by atoms with Gasteiger partial charge in [0.05, 0.1) is 49.2 Å². The van der Waals surface area contributed by atoms with Gasteiger partial charge in [0, 0.05) is 0 Å². The summed E-state index contributed by atoms with van der Waals surface area (Å²) in [4.78, 5) is 29.4. The molecule has 0 unspecified atom stereocenters. The Morgan fingerprint density at radius 1 is 0.968 bits per heavy atom. The number of benzene rings is 2. The number of rotatable bonds is 10. The van der Waals surface area contributed by atoms with Gasteiger partial charge < -0.3 is 18.9 Å². The molecule has 31 heavy (non-hydrogen) atoms. The number of aromatic nitrogens is 2. The van der Waals surface area contributed by atoms with Crippen molar-refractivity contribution in [3.8, 4) is 17.2 Å². The van der Waals surface area contributed by atoms with Crippen molar-refractivity contribution in [3.05, 3.63) is 58.6 Å². The summed E-state index contributed by atoms with van der Waals surface area (Å²) >= 11 is 0. The Morgan fingerprint density at radius 3 is 2.26 bits per heavy atom. The summed E-state index contributed by atoms with van der Waals surface area (Å²) < 4.78 is 23.7. The molecule has 1 heterocycles. The van der Waals surface area contributed by atoms with E-state index in [-0.39, 0.29) is 24.3 Å². The molecule has 3 aromatic rings. The van der Waals surface area contributed by atoms with E-state index in [2.05, 4.69) is 4.98 Å². The van der Waals surface area contributed by atoms with Crippen molar-refractivity contribution in [1.29, 1.82) is 0 Å². The molecule has 1 aromatic heterocycles.